The van der Waals surface area contributed by atoms with E-state index in [1.165, 1.54) is 12.3 Å². The predicted octanol–water partition coefficient (Wildman–Crippen LogP) is 1.84. The van der Waals surface area contributed by atoms with Crippen LogP contribution in [0.5, 0.6) is 5.88 Å². The number of nitrogens with zero attached hydrogens (tertiary/aromatic N) is 1. The summed E-state index contributed by atoms with van der Waals surface area (Å²) in [5, 5.41) is 0. The summed E-state index contributed by atoms with van der Waals surface area (Å²) in [5.41, 5.74) is 0.220. The Kier molecular flexibility index (Phi) is 3.06. The third-order valence-electron chi connectivity index (χ3n) is 1.28. The van der Waals surface area contributed by atoms with E-state index in [0.29, 0.717) is 6.29 Å². The Labute approximate surface area is 77.5 Å². The fourth-order valence-electron chi connectivity index (χ4n) is 0.733. The number of carbonyl (C=O) groups excluding carboxylic acids is 1. The van der Waals surface area contributed by atoms with Crippen molar-refractivity contribution in [2.24, 2.45) is 0 Å². The second-order valence-electron chi connectivity index (χ2n) is 2.45. The van der Waals surface area contributed by atoms with Crippen LogP contribution < -0.4 is 4.74 Å². The topological polar surface area (TPSA) is 39.2 Å². The van der Waals surface area contributed by atoms with Crippen molar-refractivity contribution in [3.05, 3.63) is 23.9 Å². The highest BCUT2D eigenvalue weighted by molar-refractivity contribution is 5.74. The summed E-state index contributed by atoms with van der Waals surface area (Å²) in [7, 11) is 0. The third kappa shape index (κ3) is 3.42. The minimum atomic E-state index is -4.40. The summed E-state index contributed by atoms with van der Waals surface area (Å²) in [6, 6.07) is 2.51. The molecule has 3 nitrogen and oxygen atoms in total. The van der Waals surface area contributed by atoms with E-state index in [2.05, 4.69) is 9.72 Å². The van der Waals surface area contributed by atoms with Gasteiger partial charge in [0.25, 0.3) is 0 Å². The summed E-state index contributed by atoms with van der Waals surface area (Å²) in [4.78, 5) is 13.8. The Bertz CT molecular complexity index is 325. The first-order valence-corrected chi connectivity index (χ1v) is 3.62. The van der Waals surface area contributed by atoms with E-state index < -0.39 is 12.8 Å². The molecule has 0 fully saturated rings. The van der Waals surface area contributed by atoms with E-state index in [4.69, 9.17) is 0 Å². The standard InChI is InChI=1S/C8H6F3NO2/c9-8(10,11)5-14-7-3-6(4-13)1-2-12-7/h1-4H,5H2. The van der Waals surface area contributed by atoms with Gasteiger partial charge >= 0.3 is 6.18 Å². The fourth-order valence-corrected chi connectivity index (χ4v) is 0.733. The molecule has 0 spiro atoms. The lowest BCUT2D eigenvalue weighted by atomic mass is 10.3. The smallest absolute Gasteiger partial charge is 0.422 e. The van der Waals surface area contributed by atoms with Gasteiger partial charge in [0.15, 0.2) is 6.61 Å². The van der Waals surface area contributed by atoms with Crippen molar-refractivity contribution in [1.29, 1.82) is 0 Å². The van der Waals surface area contributed by atoms with Gasteiger partial charge in [-0.25, -0.2) is 4.98 Å². The number of aldehydes is 1. The van der Waals surface area contributed by atoms with Crippen molar-refractivity contribution in [2.75, 3.05) is 6.61 Å². The van der Waals surface area contributed by atoms with Crippen molar-refractivity contribution in [3.63, 3.8) is 0 Å². The number of hydrogen-bond acceptors (Lipinski definition) is 3. The Morgan fingerprint density at radius 3 is 2.79 bits per heavy atom. The number of carbonyl (C=O) groups is 1. The summed E-state index contributed by atoms with van der Waals surface area (Å²) in [6.45, 7) is -1.41. The molecule has 0 N–H and O–H groups in total. The number of aromatic nitrogens is 1. The van der Waals surface area contributed by atoms with E-state index in [0.717, 1.165) is 6.07 Å². The first kappa shape index (κ1) is 10.5. The highest BCUT2D eigenvalue weighted by Gasteiger charge is 2.28. The Balaban J connectivity index is 2.63. The van der Waals surface area contributed by atoms with Crippen LogP contribution >= 0.6 is 0 Å². The molecule has 0 bridgehead atoms. The first-order chi connectivity index (χ1) is 6.51. The van der Waals surface area contributed by atoms with Crippen molar-refractivity contribution in [1.82, 2.24) is 4.98 Å². The zero-order valence-electron chi connectivity index (χ0n) is 6.91. The molecular formula is C8H6F3NO2. The van der Waals surface area contributed by atoms with Crippen LogP contribution in [-0.2, 0) is 0 Å². The average molecular weight is 205 g/mol. The Morgan fingerprint density at radius 1 is 1.50 bits per heavy atom. The maximum absolute atomic E-state index is 11.7. The molecule has 0 unspecified atom stereocenters. The number of pyridine rings is 1. The molecule has 0 amide bonds. The Hall–Kier alpha value is -1.59. The normalized spacial score (nSPS) is 11.1. The summed E-state index contributed by atoms with van der Waals surface area (Å²) < 4.78 is 39.4. The van der Waals surface area contributed by atoms with Crippen LogP contribution in [-0.4, -0.2) is 24.1 Å². The predicted molar refractivity (Wildman–Crippen MR) is 41.2 cm³/mol. The average Bonchev–Trinajstić information content (AvgIpc) is 2.14. The number of rotatable bonds is 3. The van der Waals surface area contributed by atoms with Gasteiger partial charge in [-0.05, 0) is 6.07 Å². The van der Waals surface area contributed by atoms with Gasteiger partial charge in [-0.2, -0.15) is 13.2 Å². The van der Waals surface area contributed by atoms with E-state index in [-0.39, 0.29) is 11.4 Å². The van der Waals surface area contributed by atoms with Gasteiger partial charge in [0, 0.05) is 17.8 Å². The highest BCUT2D eigenvalue weighted by Crippen LogP contribution is 2.16. The van der Waals surface area contributed by atoms with Crippen LogP contribution in [0.2, 0.25) is 0 Å². The molecule has 0 aliphatic rings. The van der Waals surface area contributed by atoms with Crippen LogP contribution in [0.1, 0.15) is 10.4 Å². The number of hydrogen-bond donors (Lipinski definition) is 0. The van der Waals surface area contributed by atoms with Crippen LogP contribution in [0.15, 0.2) is 18.3 Å². The second kappa shape index (κ2) is 4.08. The minimum absolute atomic E-state index is 0.216. The molecular weight excluding hydrogens is 199 g/mol. The Morgan fingerprint density at radius 2 is 2.21 bits per heavy atom. The molecule has 0 aliphatic heterocycles. The molecule has 0 aromatic carbocycles. The van der Waals surface area contributed by atoms with Crippen molar-refractivity contribution in [2.45, 2.75) is 6.18 Å². The van der Waals surface area contributed by atoms with Gasteiger partial charge < -0.3 is 4.74 Å². The van der Waals surface area contributed by atoms with Gasteiger partial charge in [-0.1, -0.05) is 0 Å². The van der Waals surface area contributed by atoms with E-state index in [1.54, 1.807) is 0 Å². The molecule has 76 valence electrons. The number of halogens is 3. The maximum Gasteiger partial charge on any atom is 0.422 e. The summed E-state index contributed by atoms with van der Waals surface area (Å²) in [5.74, 6) is -0.216. The minimum Gasteiger partial charge on any atom is -0.468 e. The maximum atomic E-state index is 11.7. The van der Waals surface area contributed by atoms with Crippen LogP contribution in [0.25, 0.3) is 0 Å². The van der Waals surface area contributed by atoms with Crippen molar-refractivity contribution >= 4 is 6.29 Å². The van der Waals surface area contributed by atoms with Crippen LogP contribution in [0.4, 0.5) is 13.2 Å². The molecule has 1 aromatic rings. The number of ether oxygens (including phenoxy) is 1. The highest BCUT2D eigenvalue weighted by atomic mass is 19.4. The summed E-state index contributed by atoms with van der Waals surface area (Å²) >= 11 is 0. The largest absolute Gasteiger partial charge is 0.468 e. The SMILES string of the molecule is O=Cc1ccnc(OCC(F)(F)F)c1. The lowest BCUT2D eigenvalue weighted by molar-refractivity contribution is -0.154. The molecule has 0 saturated heterocycles. The van der Waals surface area contributed by atoms with Crippen molar-refractivity contribution in [3.8, 4) is 5.88 Å². The zero-order valence-corrected chi connectivity index (χ0v) is 6.91. The molecule has 1 heterocycles. The zero-order chi connectivity index (χ0) is 10.6. The molecule has 1 aromatic heterocycles. The van der Waals surface area contributed by atoms with Crippen LogP contribution in [0, 0.1) is 0 Å². The van der Waals surface area contributed by atoms with Gasteiger partial charge in [0.05, 0.1) is 0 Å². The van der Waals surface area contributed by atoms with E-state index in [1.807, 2.05) is 0 Å². The van der Waals surface area contributed by atoms with E-state index in [9.17, 15) is 18.0 Å². The van der Waals surface area contributed by atoms with Gasteiger partial charge in [-0.15, -0.1) is 0 Å². The van der Waals surface area contributed by atoms with Crippen LogP contribution in [0.3, 0.4) is 0 Å². The first-order valence-electron chi connectivity index (χ1n) is 3.62. The van der Waals surface area contributed by atoms with Crippen molar-refractivity contribution < 1.29 is 22.7 Å². The molecule has 1 rings (SSSR count). The molecule has 0 saturated carbocycles. The number of alkyl halides is 3. The lowest BCUT2D eigenvalue weighted by Gasteiger charge is -2.07. The molecule has 0 radical (unpaired) electrons. The quantitative estimate of drug-likeness (QED) is 0.706. The van der Waals surface area contributed by atoms with Gasteiger partial charge in [0.2, 0.25) is 5.88 Å². The lowest BCUT2D eigenvalue weighted by Crippen LogP contribution is -2.19. The van der Waals surface area contributed by atoms with Gasteiger partial charge in [-0.3, -0.25) is 4.79 Å². The summed E-state index contributed by atoms with van der Waals surface area (Å²) in [6.07, 6.45) is -2.70. The monoisotopic (exact) mass is 205 g/mol. The van der Waals surface area contributed by atoms with E-state index >= 15 is 0 Å². The van der Waals surface area contributed by atoms with Gasteiger partial charge in [0.1, 0.15) is 6.29 Å². The molecule has 0 atom stereocenters. The third-order valence-corrected chi connectivity index (χ3v) is 1.28. The molecule has 0 aliphatic carbocycles. The fraction of sp³-hybridized carbons (Fsp3) is 0.250. The second-order valence-corrected chi connectivity index (χ2v) is 2.45. The molecule has 6 heteroatoms. The molecule has 14 heavy (non-hydrogen) atoms.